The van der Waals surface area contributed by atoms with Gasteiger partial charge in [0.1, 0.15) is 0 Å². The molecule has 0 saturated carbocycles. The Hall–Kier alpha value is -1.04. The molecule has 0 spiro atoms. The van der Waals surface area contributed by atoms with Crippen LogP contribution in [-0.4, -0.2) is 22.3 Å². The Labute approximate surface area is 85.4 Å². The van der Waals surface area contributed by atoms with Crippen molar-refractivity contribution in [2.75, 3.05) is 0 Å². The maximum absolute atomic E-state index is 9.34. The Morgan fingerprint density at radius 3 is 2.64 bits per heavy atom. The predicted molar refractivity (Wildman–Crippen MR) is 58.1 cm³/mol. The van der Waals surface area contributed by atoms with Crippen LogP contribution in [0.4, 0.5) is 0 Å². The Balaban J connectivity index is 2.81. The van der Waals surface area contributed by atoms with Crippen LogP contribution in [0.3, 0.4) is 0 Å². The van der Waals surface area contributed by atoms with Crippen molar-refractivity contribution in [3.05, 3.63) is 23.8 Å². The van der Waals surface area contributed by atoms with Crippen LogP contribution in [0.15, 0.2) is 18.2 Å². The SMILES string of the molecule is Cc1ccc(B(O)O)c2cc(O)sc12. The number of rotatable bonds is 1. The number of thiophene rings is 1. The molecular weight excluding hydrogens is 199 g/mol. The number of aromatic hydroxyl groups is 1. The first kappa shape index (κ1) is 9.52. The van der Waals surface area contributed by atoms with Crippen LogP contribution in [0.2, 0.25) is 0 Å². The standard InChI is InChI=1S/C9H9BO3S/c1-5-2-3-7(10(12)13)6-4-8(11)14-9(5)6/h2-4,11-13H,1H3. The van der Waals surface area contributed by atoms with Gasteiger partial charge in [0.2, 0.25) is 0 Å². The first-order valence-electron chi connectivity index (χ1n) is 4.17. The topological polar surface area (TPSA) is 60.7 Å². The molecule has 0 unspecified atom stereocenters. The van der Waals surface area contributed by atoms with Crippen LogP contribution >= 0.6 is 11.3 Å². The van der Waals surface area contributed by atoms with E-state index in [1.54, 1.807) is 12.1 Å². The zero-order chi connectivity index (χ0) is 10.3. The molecule has 1 aromatic heterocycles. The zero-order valence-electron chi connectivity index (χ0n) is 7.56. The highest BCUT2D eigenvalue weighted by Crippen LogP contribution is 2.31. The first-order chi connectivity index (χ1) is 6.59. The number of hydrogen-bond donors (Lipinski definition) is 3. The van der Waals surface area contributed by atoms with Gasteiger partial charge in [0, 0.05) is 4.70 Å². The number of aryl methyl sites for hydroxylation is 1. The fraction of sp³-hybridized carbons (Fsp3) is 0.111. The molecule has 0 amide bonds. The van der Waals surface area contributed by atoms with Gasteiger partial charge in [-0.2, -0.15) is 0 Å². The molecule has 3 N–H and O–H groups in total. The molecule has 0 atom stereocenters. The van der Waals surface area contributed by atoms with Crippen molar-refractivity contribution in [2.24, 2.45) is 0 Å². The summed E-state index contributed by atoms with van der Waals surface area (Å²) in [5, 5.41) is 28.4. The Kier molecular flexibility index (Phi) is 2.22. The van der Waals surface area contributed by atoms with Crippen molar-refractivity contribution in [3.63, 3.8) is 0 Å². The van der Waals surface area contributed by atoms with E-state index in [9.17, 15) is 5.11 Å². The Morgan fingerprint density at radius 2 is 2.00 bits per heavy atom. The smallest absolute Gasteiger partial charge is 0.489 e. The summed E-state index contributed by atoms with van der Waals surface area (Å²) in [4.78, 5) is 0. The van der Waals surface area contributed by atoms with Gasteiger partial charge in [0.05, 0.1) is 0 Å². The van der Waals surface area contributed by atoms with Gasteiger partial charge in [-0.15, -0.1) is 0 Å². The summed E-state index contributed by atoms with van der Waals surface area (Å²) in [6, 6.07) is 5.03. The second kappa shape index (κ2) is 3.27. The van der Waals surface area contributed by atoms with Crippen molar-refractivity contribution in [2.45, 2.75) is 6.92 Å². The van der Waals surface area contributed by atoms with E-state index < -0.39 is 7.12 Å². The molecule has 0 radical (unpaired) electrons. The minimum absolute atomic E-state index is 0.191. The molecule has 1 aromatic carbocycles. The molecule has 72 valence electrons. The maximum atomic E-state index is 9.34. The van der Waals surface area contributed by atoms with Crippen molar-refractivity contribution < 1.29 is 15.2 Å². The van der Waals surface area contributed by atoms with Crippen LogP contribution < -0.4 is 5.46 Å². The quantitative estimate of drug-likeness (QED) is 0.601. The van der Waals surface area contributed by atoms with Gasteiger partial charge in [-0.1, -0.05) is 23.5 Å². The van der Waals surface area contributed by atoms with Gasteiger partial charge >= 0.3 is 7.12 Å². The van der Waals surface area contributed by atoms with Crippen molar-refractivity contribution in [3.8, 4) is 5.06 Å². The van der Waals surface area contributed by atoms with Crippen LogP contribution in [0.5, 0.6) is 5.06 Å². The van der Waals surface area contributed by atoms with E-state index in [2.05, 4.69) is 0 Å². The van der Waals surface area contributed by atoms with Crippen LogP contribution in [0, 0.1) is 6.92 Å². The highest BCUT2D eigenvalue weighted by molar-refractivity contribution is 7.21. The summed E-state index contributed by atoms with van der Waals surface area (Å²) < 4.78 is 0.896. The molecule has 3 nitrogen and oxygen atoms in total. The van der Waals surface area contributed by atoms with Gasteiger partial charge < -0.3 is 15.2 Å². The third kappa shape index (κ3) is 1.39. The first-order valence-corrected chi connectivity index (χ1v) is 4.99. The predicted octanol–water partition coefficient (Wildman–Crippen LogP) is 0.595. The van der Waals surface area contributed by atoms with Gasteiger partial charge in [0.15, 0.2) is 5.06 Å². The number of fused-ring (bicyclic) bond motifs is 1. The van der Waals surface area contributed by atoms with Gasteiger partial charge in [0.25, 0.3) is 0 Å². The van der Waals surface area contributed by atoms with Crippen molar-refractivity contribution in [1.82, 2.24) is 0 Å². The lowest BCUT2D eigenvalue weighted by molar-refractivity contribution is 0.426. The maximum Gasteiger partial charge on any atom is 0.489 e. The average Bonchev–Trinajstić information content (AvgIpc) is 2.47. The zero-order valence-corrected chi connectivity index (χ0v) is 8.38. The van der Waals surface area contributed by atoms with Crippen molar-refractivity contribution in [1.29, 1.82) is 0 Å². The van der Waals surface area contributed by atoms with E-state index in [0.29, 0.717) is 10.8 Å². The third-order valence-corrected chi connectivity index (χ3v) is 3.25. The fourth-order valence-electron chi connectivity index (χ4n) is 1.49. The van der Waals surface area contributed by atoms with Gasteiger partial charge in [-0.25, -0.2) is 0 Å². The van der Waals surface area contributed by atoms with Crippen LogP contribution in [0.1, 0.15) is 5.56 Å². The summed E-state index contributed by atoms with van der Waals surface area (Å²) in [7, 11) is -1.49. The van der Waals surface area contributed by atoms with E-state index in [0.717, 1.165) is 10.3 Å². The molecule has 2 rings (SSSR count). The summed E-state index contributed by atoms with van der Waals surface area (Å²) in [5.41, 5.74) is 1.46. The molecule has 1 heterocycles. The monoisotopic (exact) mass is 208 g/mol. The second-order valence-electron chi connectivity index (χ2n) is 3.17. The van der Waals surface area contributed by atoms with Gasteiger partial charge in [-0.05, 0) is 29.4 Å². The molecule has 0 fully saturated rings. The van der Waals surface area contributed by atoms with E-state index in [-0.39, 0.29) is 5.06 Å². The minimum atomic E-state index is -1.49. The molecule has 0 aliphatic carbocycles. The average molecular weight is 208 g/mol. The molecule has 14 heavy (non-hydrogen) atoms. The molecule has 0 aliphatic heterocycles. The Morgan fingerprint density at radius 1 is 1.29 bits per heavy atom. The molecule has 2 aromatic rings. The van der Waals surface area contributed by atoms with E-state index in [1.165, 1.54) is 11.3 Å². The largest absolute Gasteiger partial charge is 0.499 e. The second-order valence-corrected chi connectivity index (χ2v) is 4.20. The molecule has 0 saturated heterocycles. The van der Waals surface area contributed by atoms with E-state index in [4.69, 9.17) is 10.0 Å². The van der Waals surface area contributed by atoms with Gasteiger partial charge in [-0.3, -0.25) is 0 Å². The fourth-order valence-corrected chi connectivity index (χ4v) is 2.39. The summed E-state index contributed by atoms with van der Waals surface area (Å²) in [6.07, 6.45) is 0. The number of benzene rings is 1. The third-order valence-electron chi connectivity index (χ3n) is 2.18. The highest BCUT2D eigenvalue weighted by Gasteiger charge is 2.17. The summed E-state index contributed by atoms with van der Waals surface area (Å²) >= 11 is 1.24. The van der Waals surface area contributed by atoms with Crippen LogP contribution in [-0.2, 0) is 0 Å². The van der Waals surface area contributed by atoms with E-state index in [1.807, 2.05) is 13.0 Å². The molecule has 0 bridgehead atoms. The minimum Gasteiger partial charge on any atom is -0.499 e. The summed E-state index contributed by atoms with van der Waals surface area (Å²) in [5.74, 6) is 0. The Bertz CT molecular complexity index is 478. The lowest BCUT2D eigenvalue weighted by atomic mass is 9.78. The molecule has 5 heteroatoms. The van der Waals surface area contributed by atoms with Crippen molar-refractivity contribution >= 4 is 34.0 Å². The molecule has 0 aliphatic rings. The van der Waals surface area contributed by atoms with Crippen LogP contribution in [0.25, 0.3) is 10.1 Å². The highest BCUT2D eigenvalue weighted by atomic mass is 32.1. The lowest BCUT2D eigenvalue weighted by Gasteiger charge is -2.02. The van der Waals surface area contributed by atoms with E-state index >= 15 is 0 Å². The number of hydrogen-bond acceptors (Lipinski definition) is 4. The summed E-state index contributed by atoms with van der Waals surface area (Å²) in [6.45, 7) is 1.92. The lowest BCUT2D eigenvalue weighted by Crippen LogP contribution is -2.30. The normalized spacial score (nSPS) is 10.8. The molecular formula is C9H9BO3S.